The predicted molar refractivity (Wildman–Crippen MR) is 653 cm³/mol. The van der Waals surface area contributed by atoms with Crippen molar-refractivity contribution in [3.8, 4) is 134 Å². The van der Waals surface area contributed by atoms with Gasteiger partial charge in [-0.3, -0.25) is 0 Å². The molecule has 0 aliphatic carbocycles. The largest absolute Gasteiger partial charge is 0.0616 e. The van der Waals surface area contributed by atoms with Crippen molar-refractivity contribution in [2.45, 2.75) is 125 Å². The lowest BCUT2D eigenvalue weighted by molar-refractivity contribution is 1.23. The Morgan fingerprint density at radius 2 is 0.227 bits per heavy atom. The van der Waals surface area contributed by atoms with Crippen molar-refractivity contribution >= 4 is 129 Å². The minimum atomic E-state index is 1.22. The second-order valence-electron chi connectivity index (χ2n) is 42.9. The summed E-state index contributed by atoms with van der Waals surface area (Å²) in [6, 6.07) is 151. The molecule has 0 saturated heterocycles. The summed E-state index contributed by atoms with van der Waals surface area (Å²) >= 11 is 0. The van der Waals surface area contributed by atoms with Crippen molar-refractivity contribution in [3.05, 3.63) is 501 Å². The molecule has 720 valence electrons. The van der Waals surface area contributed by atoms with E-state index in [9.17, 15) is 0 Å². The summed E-state index contributed by atoms with van der Waals surface area (Å²) < 4.78 is 0. The van der Waals surface area contributed by atoms with Crippen LogP contribution in [0.1, 0.15) is 100 Å². The van der Waals surface area contributed by atoms with Crippen LogP contribution in [-0.2, 0) is 0 Å². The Bertz CT molecular complexity index is 9250. The highest BCUT2D eigenvalue weighted by Gasteiger charge is 2.30. The van der Waals surface area contributed by atoms with Crippen LogP contribution in [-0.4, -0.2) is 0 Å². The molecule has 0 aliphatic heterocycles. The van der Waals surface area contributed by atoms with Crippen molar-refractivity contribution in [2.24, 2.45) is 0 Å². The summed E-state index contributed by atoms with van der Waals surface area (Å²) in [4.78, 5) is 0. The Labute approximate surface area is 881 Å². The fraction of sp³-hybridized carbons (Fsp3) is 0.120. The van der Waals surface area contributed by atoms with Gasteiger partial charge in [-0.1, -0.05) is 328 Å². The van der Waals surface area contributed by atoms with Crippen molar-refractivity contribution in [3.63, 3.8) is 0 Å². The molecular weight excluding hydrogens is 1800 g/mol. The zero-order chi connectivity index (χ0) is 103. The summed E-state index contributed by atoms with van der Waals surface area (Å²) in [6.45, 7) is 42.2. The van der Waals surface area contributed by atoms with Crippen molar-refractivity contribution in [1.29, 1.82) is 0 Å². The van der Waals surface area contributed by atoms with Crippen LogP contribution in [0, 0.1) is 125 Å². The lowest BCUT2D eigenvalue weighted by Crippen LogP contribution is -2.04. The minimum absolute atomic E-state index is 1.22. The highest BCUT2D eigenvalue weighted by Crippen LogP contribution is 2.54. The van der Waals surface area contributed by atoms with Gasteiger partial charge in [0.05, 0.1) is 0 Å². The van der Waals surface area contributed by atoms with Gasteiger partial charge in [-0.2, -0.15) is 0 Å². The molecule has 0 unspecified atom stereocenters. The monoisotopic (exact) mass is 1920 g/mol. The Balaban J connectivity index is 0.000000156. The third kappa shape index (κ3) is 15.4. The lowest BCUT2D eigenvalue weighted by Gasteiger charge is -2.26. The quantitative estimate of drug-likeness (QED) is 0.107. The van der Waals surface area contributed by atoms with Gasteiger partial charge in [0, 0.05) is 0 Å². The third-order valence-corrected chi connectivity index (χ3v) is 34.5. The van der Waals surface area contributed by atoms with Crippen LogP contribution in [0.4, 0.5) is 0 Å². The van der Waals surface area contributed by atoms with Gasteiger partial charge >= 0.3 is 0 Å². The first kappa shape index (κ1) is 93.9. The molecule has 0 aliphatic rings. The van der Waals surface area contributed by atoms with Gasteiger partial charge in [0.15, 0.2) is 0 Å². The van der Waals surface area contributed by atoms with Gasteiger partial charge in [-0.05, 0) is 560 Å². The standard InChI is InChI=1S/C78H66.C72H54/c1-43-49(7)76(70-40-55-25-13-16-28-61(55)64-31-19-22-34-67(64)70)50(8)44(2)73(43)58-37-59(74-45(3)51(9)77(52(10)46(74)4)71-41-56-26-14-17-29-62(56)65-32-20-23-35-68(65)71)39-60(38-58)75-47(5)53(11)78(54(12)48(75)6)72-42-57-27-15-18-30-63(57)66-33-21-24-36-69(66)72;1-43-34-67(70-40-49-19-7-10-22-55(49)58-25-13-16-28-61(58)70)46(4)31-64(43)52-37-53(65-32-47(5)68(35-44(65)2)71-41-50-20-8-11-23-56(50)59-26-14-17-29-62(59)71)39-54(38-52)66-33-48(6)69(36-45(66)3)72-42-51-21-9-12-24-57(51)60-27-15-18-30-63(60)72/h13-42H,1-12H3;7-42H,1-6H3. The minimum Gasteiger partial charge on any atom is -0.0616 e. The molecule has 0 atom stereocenters. The predicted octanol–water partition coefficient (Wildman–Crippen LogP) is 42.8. The normalized spacial score (nSPS) is 11.8. The number of fused-ring (bicyclic) bond motifs is 18. The molecule has 0 bridgehead atoms. The Morgan fingerprint density at radius 3 is 0.420 bits per heavy atom. The Kier molecular flexibility index (Phi) is 23.2. The van der Waals surface area contributed by atoms with E-state index in [1.165, 1.54) is 363 Å². The molecular formula is C150H120. The molecule has 150 heavy (non-hydrogen) atoms. The van der Waals surface area contributed by atoms with Gasteiger partial charge < -0.3 is 0 Å². The zero-order valence-electron chi connectivity index (χ0n) is 89.1. The lowest BCUT2D eigenvalue weighted by atomic mass is 9.77. The maximum atomic E-state index is 2.53. The third-order valence-electron chi connectivity index (χ3n) is 34.5. The summed E-state index contributed by atoms with van der Waals surface area (Å²) in [5.41, 5.74) is 54.3. The first-order chi connectivity index (χ1) is 72.9. The zero-order valence-corrected chi connectivity index (χ0v) is 89.1. The maximum Gasteiger partial charge on any atom is -0.00935 e. The average Bonchev–Trinajstić information content (AvgIpc) is 0.722. The van der Waals surface area contributed by atoms with Crippen molar-refractivity contribution in [1.82, 2.24) is 0 Å². The molecule has 0 amide bonds. The molecule has 0 radical (unpaired) electrons. The molecule has 0 spiro atoms. The highest BCUT2D eigenvalue weighted by atomic mass is 14.3. The topological polar surface area (TPSA) is 0 Å². The van der Waals surface area contributed by atoms with E-state index in [1.54, 1.807) is 0 Å². The Morgan fingerprint density at radius 1 is 0.0933 bits per heavy atom. The fourth-order valence-corrected chi connectivity index (χ4v) is 26.5. The second kappa shape index (κ2) is 37.0. The molecule has 26 aromatic rings. The number of hydrogen-bond donors (Lipinski definition) is 0. The smallest absolute Gasteiger partial charge is 0.00935 e. The van der Waals surface area contributed by atoms with E-state index >= 15 is 0 Å². The molecule has 26 rings (SSSR count). The van der Waals surface area contributed by atoms with E-state index in [4.69, 9.17) is 0 Å². The van der Waals surface area contributed by atoms with Crippen molar-refractivity contribution in [2.75, 3.05) is 0 Å². The van der Waals surface area contributed by atoms with E-state index in [0.29, 0.717) is 0 Å². The molecule has 0 heterocycles. The number of rotatable bonds is 12. The fourth-order valence-electron chi connectivity index (χ4n) is 26.5. The van der Waals surface area contributed by atoms with Crippen molar-refractivity contribution < 1.29 is 0 Å². The van der Waals surface area contributed by atoms with E-state index in [-0.39, 0.29) is 0 Å². The molecule has 0 N–H and O–H groups in total. The molecule has 26 aromatic carbocycles. The highest BCUT2D eigenvalue weighted by molar-refractivity contribution is 6.21. The van der Waals surface area contributed by atoms with Crippen LogP contribution < -0.4 is 0 Å². The maximum absolute atomic E-state index is 2.53. The van der Waals surface area contributed by atoms with Gasteiger partial charge in [0.2, 0.25) is 0 Å². The van der Waals surface area contributed by atoms with E-state index in [2.05, 4.69) is 525 Å². The summed E-state index contributed by atoms with van der Waals surface area (Å²) in [6.07, 6.45) is 0. The molecule has 0 saturated carbocycles. The summed E-state index contributed by atoms with van der Waals surface area (Å²) in [5, 5.41) is 30.9. The van der Waals surface area contributed by atoms with Crippen LogP contribution >= 0.6 is 0 Å². The number of benzene rings is 26. The van der Waals surface area contributed by atoms with Gasteiger partial charge in [-0.25, -0.2) is 0 Å². The van der Waals surface area contributed by atoms with Gasteiger partial charge in [0.1, 0.15) is 0 Å². The summed E-state index contributed by atoms with van der Waals surface area (Å²) in [7, 11) is 0. The van der Waals surface area contributed by atoms with E-state index < -0.39 is 0 Å². The van der Waals surface area contributed by atoms with Crippen LogP contribution in [0.25, 0.3) is 263 Å². The van der Waals surface area contributed by atoms with Crippen LogP contribution in [0.2, 0.25) is 0 Å². The SMILES string of the molecule is Cc1c(C)c(-c2cc3ccccc3c3ccccc23)c(C)c(C)c1-c1cc(-c2c(C)c(C)c(-c3cc4ccccc4c4ccccc34)c(C)c2C)cc(-c2c(C)c(C)c(-c3cc4ccccc4c4ccccc34)c(C)c2C)c1.Cc1cc(-c2cc3ccccc3c3ccccc23)c(C)cc1-c1cc(-c2cc(C)c(-c3cc4ccccc4c4ccccc34)cc2C)cc(-c2cc(C)c(-c3cc4ccccc4c4ccccc34)cc2C)c1. The number of aryl methyl sites for hydroxylation is 6. The Hall–Kier alpha value is -17.2. The van der Waals surface area contributed by atoms with Gasteiger partial charge in [0.25, 0.3) is 0 Å². The average molecular weight is 1920 g/mol. The van der Waals surface area contributed by atoms with Crippen LogP contribution in [0.3, 0.4) is 0 Å². The van der Waals surface area contributed by atoms with E-state index in [0.717, 1.165) is 0 Å². The molecule has 0 aromatic heterocycles. The first-order valence-electron chi connectivity index (χ1n) is 53.3. The molecule has 0 heteroatoms. The first-order valence-corrected chi connectivity index (χ1v) is 53.3. The molecule has 0 nitrogen and oxygen atoms in total. The van der Waals surface area contributed by atoms with Gasteiger partial charge in [-0.15, -0.1) is 0 Å². The number of hydrogen-bond acceptors (Lipinski definition) is 0. The second-order valence-corrected chi connectivity index (χ2v) is 42.9. The van der Waals surface area contributed by atoms with Crippen LogP contribution in [0.5, 0.6) is 0 Å². The molecule has 0 fully saturated rings. The summed E-state index contributed by atoms with van der Waals surface area (Å²) in [5.74, 6) is 0. The van der Waals surface area contributed by atoms with E-state index in [1.807, 2.05) is 0 Å². The van der Waals surface area contributed by atoms with Crippen LogP contribution in [0.15, 0.2) is 400 Å².